The molecule has 0 saturated carbocycles. The van der Waals surface area contributed by atoms with Crippen molar-refractivity contribution in [3.05, 3.63) is 60.2 Å². The first kappa shape index (κ1) is 19.5. The van der Waals surface area contributed by atoms with E-state index in [0.29, 0.717) is 0 Å². The fourth-order valence-electron chi connectivity index (χ4n) is 2.50. The van der Waals surface area contributed by atoms with Crippen LogP contribution in [0.5, 0.6) is 5.75 Å². The minimum atomic E-state index is -0.176. The molecular weight excluding hydrogens is 326 g/mol. The summed E-state index contributed by atoms with van der Waals surface area (Å²) in [5.74, 6) is 0.605. The summed E-state index contributed by atoms with van der Waals surface area (Å²) in [6.07, 6.45) is 4.22. The Morgan fingerprint density at radius 2 is 1.77 bits per heavy atom. The van der Waals surface area contributed by atoms with Gasteiger partial charge in [-0.3, -0.25) is 4.79 Å². The number of hydrogen-bond donors (Lipinski definition) is 2. The van der Waals surface area contributed by atoms with E-state index in [1.807, 2.05) is 54.6 Å². The Morgan fingerprint density at radius 1 is 1.04 bits per heavy atom. The number of hydrazone groups is 1. The lowest BCUT2D eigenvalue weighted by Gasteiger charge is -2.09. The second-order valence-corrected chi connectivity index (χ2v) is 6.00. The van der Waals surface area contributed by atoms with Crippen molar-refractivity contribution in [3.63, 3.8) is 0 Å². The number of anilines is 1. The van der Waals surface area contributed by atoms with Gasteiger partial charge in [0.2, 0.25) is 0 Å². The van der Waals surface area contributed by atoms with Gasteiger partial charge in [0.15, 0.2) is 0 Å². The molecule has 138 valence electrons. The lowest BCUT2D eigenvalue weighted by molar-refractivity contribution is -0.119. The van der Waals surface area contributed by atoms with E-state index in [4.69, 9.17) is 4.74 Å². The maximum absolute atomic E-state index is 12.1. The number of carbonyl (C=O) groups excluding carboxylic acids is 1. The van der Waals surface area contributed by atoms with E-state index in [1.165, 1.54) is 0 Å². The van der Waals surface area contributed by atoms with Gasteiger partial charge in [0, 0.05) is 5.69 Å². The van der Waals surface area contributed by atoms with Crippen molar-refractivity contribution in [1.82, 2.24) is 5.43 Å². The number of nitrogens with one attached hydrogen (secondary N) is 2. The van der Waals surface area contributed by atoms with Gasteiger partial charge >= 0.3 is 0 Å². The van der Waals surface area contributed by atoms with Crippen LogP contribution in [0.2, 0.25) is 0 Å². The molecule has 5 nitrogen and oxygen atoms in total. The highest BCUT2D eigenvalue weighted by Gasteiger charge is 2.05. The predicted octanol–water partition coefficient (Wildman–Crippen LogP) is 4.21. The van der Waals surface area contributed by atoms with E-state index >= 15 is 0 Å². The van der Waals surface area contributed by atoms with Gasteiger partial charge in [-0.15, -0.1) is 0 Å². The number of carbonyl (C=O) groups is 1. The summed E-state index contributed by atoms with van der Waals surface area (Å²) in [6, 6.07) is 17.4. The van der Waals surface area contributed by atoms with E-state index in [-0.39, 0.29) is 12.5 Å². The van der Waals surface area contributed by atoms with Crippen molar-refractivity contribution >= 4 is 17.3 Å². The molecule has 1 amide bonds. The van der Waals surface area contributed by atoms with E-state index in [1.54, 1.807) is 7.11 Å². The van der Waals surface area contributed by atoms with Gasteiger partial charge in [-0.2, -0.15) is 5.10 Å². The second kappa shape index (κ2) is 10.9. The summed E-state index contributed by atoms with van der Waals surface area (Å²) in [5.41, 5.74) is 5.48. The number of nitrogens with zero attached hydrogens (tertiary/aromatic N) is 1. The monoisotopic (exact) mass is 353 g/mol. The lowest BCUT2D eigenvalue weighted by atomic mass is 10.0. The summed E-state index contributed by atoms with van der Waals surface area (Å²) in [5, 5.41) is 7.44. The minimum absolute atomic E-state index is 0.160. The van der Waals surface area contributed by atoms with Crippen molar-refractivity contribution < 1.29 is 9.53 Å². The Hall–Kier alpha value is -2.82. The van der Waals surface area contributed by atoms with Crippen molar-refractivity contribution in [2.75, 3.05) is 19.0 Å². The van der Waals surface area contributed by atoms with Crippen LogP contribution in [0.4, 0.5) is 5.69 Å². The summed E-state index contributed by atoms with van der Waals surface area (Å²) >= 11 is 0. The Kier molecular flexibility index (Phi) is 8.19. The largest absolute Gasteiger partial charge is 0.497 e. The molecule has 0 heterocycles. The van der Waals surface area contributed by atoms with Gasteiger partial charge in [-0.25, -0.2) is 5.43 Å². The maximum Gasteiger partial charge on any atom is 0.259 e. The molecule has 2 rings (SSSR count). The highest BCUT2D eigenvalue weighted by molar-refractivity contribution is 6.01. The fraction of sp³-hybridized carbons (Fsp3) is 0.333. The maximum atomic E-state index is 12.1. The molecule has 0 aromatic heterocycles. The SMILES string of the molecule is CCCCC/C(=N\NC(=O)CNc1ccc(OC)cc1)c1ccccc1. The molecule has 5 heteroatoms. The number of methoxy groups -OCH3 is 1. The Labute approximate surface area is 155 Å². The zero-order valence-electron chi connectivity index (χ0n) is 15.5. The van der Waals surface area contributed by atoms with Crippen molar-refractivity contribution in [3.8, 4) is 5.75 Å². The highest BCUT2D eigenvalue weighted by atomic mass is 16.5. The van der Waals surface area contributed by atoms with Gasteiger partial charge in [0.05, 0.1) is 19.4 Å². The van der Waals surface area contributed by atoms with Crippen molar-refractivity contribution in [2.24, 2.45) is 5.10 Å². The molecular formula is C21H27N3O2. The van der Waals surface area contributed by atoms with Gasteiger partial charge in [-0.05, 0) is 42.7 Å². The Morgan fingerprint density at radius 3 is 2.42 bits per heavy atom. The number of ether oxygens (including phenoxy) is 1. The average Bonchev–Trinajstić information content (AvgIpc) is 2.70. The number of hydrogen-bond acceptors (Lipinski definition) is 4. The van der Waals surface area contributed by atoms with E-state index < -0.39 is 0 Å². The molecule has 0 spiro atoms. The predicted molar refractivity (Wildman–Crippen MR) is 107 cm³/mol. The third-order valence-corrected chi connectivity index (χ3v) is 3.98. The lowest BCUT2D eigenvalue weighted by Crippen LogP contribution is -2.27. The topological polar surface area (TPSA) is 62.7 Å². The highest BCUT2D eigenvalue weighted by Crippen LogP contribution is 2.14. The van der Waals surface area contributed by atoms with Crippen LogP contribution in [-0.2, 0) is 4.79 Å². The average molecular weight is 353 g/mol. The van der Waals surface area contributed by atoms with E-state index in [9.17, 15) is 4.79 Å². The van der Waals surface area contributed by atoms with Crippen molar-refractivity contribution in [2.45, 2.75) is 32.6 Å². The molecule has 0 aliphatic heterocycles. The van der Waals surface area contributed by atoms with Crippen LogP contribution in [0.3, 0.4) is 0 Å². The van der Waals surface area contributed by atoms with E-state index in [2.05, 4.69) is 22.8 Å². The third-order valence-electron chi connectivity index (χ3n) is 3.98. The molecule has 2 N–H and O–H groups in total. The Balaban J connectivity index is 1.90. The molecule has 0 saturated heterocycles. The van der Waals surface area contributed by atoms with Crippen LogP contribution in [0.25, 0.3) is 0 Å². The first-order valence-corrected chi connectivity index (χ1v) is 9.01. The second-order valence-electron chi connectivity index (χ2n) is 6.00. The molecule has 2 aromatic rings. The van der Waals surface area contributed by atoms with Crippen LogP contribution in [0.15, 0.2) is 59.7 Å². The van der Waals surface area contributed by atoms with Gasteiger partial charge in [-0.1, -0.05) is 50.1 Å². The number of benzene rings is 2. The summed E-state index contributed by atoms with van der Waals surface area (Å²) in [6.45, 7) is 2.33. The molecule has 0 aliphatic rings. The van der Waals surface area contributed by atoms with Gasteiger partial charge in [0.25, 0.3) is 5.91 Å². The minimum Gasteiger partial charge on any atom is -0.497 e. The van der Waals surface area contributed by atoms with Crippen LogP contribution in [-0.4, -0.2) is 25.3 Å². The zero-order chi connectivity index (χ0) is 18.6. The quantitative estimate of drug-likeness (QED) is 0.382. The molecule has 0 fully saturated rings. The summed E-state index contributed by atoms with van der Waals surface area (Å²) in [4.78, 5) is 12.1. The van der Waals surface area contributed by atoms with Gasteiger partial charge < -0.3 is 10.1 Å². The zero-order valence-corrected chi connectivity index (χ0v) is 15.5. The molecule has 0 bridgehead atoms. The smallest absolute Gasteiger partial charge is 0.259 e. The van der Waals surface area contributed by atoms with Crippen LogP contribution in [0.1, 0.15) is 38.2 Å². The molecule has 0 unspecified atom stereocenters. The standard InChI is InChI=1S/C21H27N3O2/c1-3-4-6-11-20(17-9-7-5-8-10-17)23-24-21(25)16-22-18-12-14-19(26-2)15-13-18/h5,7-10,12-15,22H,3-4,6,11,16H2,1-2H3,(H,24,25)/b23-20+. The molecule has 26 heavy (non-hydrogen) atoms. The summed E-state index contributed by atoms with van der Waals surface area (Å²) in [7, 11) is 1.62. The van der Waals surface area contributed by atoms with Crippen LogP contribution < -0.4 is 15.5 Å². The number of unbranched alkanes of at least 4 members (excludes halogenated alkanes) is 2. The van der Waals surface area contributed by atoms with Crippen LogP contribution in [0, 0.1) is 0 Å². The fourth-order valence-corrected chi connectivity index (χ4v) is 2.50. The van der Waals surface area contributed by atoms with E-state index in [0.717, 1.165) is 48.4 Å². The first-order valence-electron chi connectivity index (χ1n) is 9.01. The summed E-state index contributed by atoms with van der Waals surface area (Å²) < 4.78 is 5.12. The number of amides is 1. The number of rotatable bonds is 10. The Bertz CT molecular complexity index is 697. The molecule has 0 aliphatic carbocycles. The first-order chi connectivity index (χ1) is 12.7. The van der Waals surface area contributed by atoms with Crippen LogP contribution >= 0.6 is 0 Å². The molecule has 0 radical (unpaired) electrons. The third kappa shape index (κ3) is 6.59. The van der Waals surface area contributed by atoms with Gasteiger partial charge in [0.1, 0.15) is 5.75 Å². The molecule has 0 atom stereocenters. The normalized spacial score (nSPS) is 11.1. The molecule has 2 aromatic carbocycles. The van der Waals surface area contributed by atoms with Crippen molar-refractivity contribution in [1.29, 1.82) is 0 Å².